The number of carbonyl (C=O) groups is 2. The molecule has 1 aromatic rings. The summed E-state index contributed by atoms with van der Waals surface area (Å²) in [5, 5.41) is 5.34. The quantitative estimate of drug-likeness (QED) is 0.789. The van der Waals surface area contributed by atoms with Gasteiger partial charge >= 0.3 is 11.8 Å². The molecule has 2 amide bonds. The predicted molar refractivity (Wildman–Crippen MR) is 75.5 cm³/mol. The first-order valence-corrected chi connectivity index (χ1v) is 6.90. The lowest BCUT2D eigenvalue weighted by atomic mass is 9.93. The normalized spacial score (nSPS) is 14.2. The van der Waals surface area contributed by atoms with Crippen molar-refractivity contribution >= 4 is 11.8 Å². The molecule has 1 aromatic carbocycles. The standard InChI is InChI=1S/C15H20N2O3/c1-20-13-7-5-11(6-8-13)9-10-16-14(18)15(19)17-12-3-2-4-12/h5-8,12H,2-4,9-10H2,1H3,(H,16,18)(H,17,19). The second kappa shape index (κ2) is 6.93. The van der Waals surface area contributed by atoms with E-state index in [-0.39, 0.29) is 6.04 Å². The molecule has 1 aliphatic carbocycles. The Morgan fingerprint density at radius 1 is 1.20 bits per heavy atom. The van der Waals surface area contributed by atoms with Crippen LogP contribution >= 0.6 is 0 Å². The third-order valence-electron chi connectivity index (χ3n) is 3.50. The first kappa shape index (κ1) is 14.4. The number of rotatable bonds is 5. The van der Waals surface area contributed by atoms with Gasteiger partial charge in [-0.25, -0.2) is 0 Å². The smallest absolute Gasteiger partial charge is 0.309 e. The van der Waals surface area contributed by atoms with Crippen LogP contribution in [0.1, 0.15) is 24.8 Å². The van der Waals surface area contributed by atoms with E-state index in [4.69, 9.17) is 4.74 Å². The zero-order valence-electron chi connectivity index (χ0n) is 11.6. The highest BCUT2D eigenvalue weighted by Gasteiger charge is 2.22. The Balaban J connectivity index is 1.68. The number of benzene rings is 1. The van der Waals surface area contributed by atoms with Gasteiger partial charge in [-0.1, -0.05) is 12.1 Å². The molecule has 108 valence electrons. The number of hydrogen-bond donors (Lipinski definition) is 2. The van der Waals surface area contributed by atoms with E-state index in [1.807, 2.05) is 24.3 Å². The average molecular weight is 276 g/mol. The maximum Gasteiger partial charge on any atom is 0.309 e. The zero-order chi connectivity index (χ0) is 14.4. The van der Waals surface area contributed by atoms with Crippen molar-refractivity contribution in [3.05, 3.63) is 29.8 Å². The maximum atomic E-state index is 11.6. The molecule has 2 rings (SSSR count). The van der Waals surface area contributed by atoms with Gasteiger partial charge in [0.15, 0.2) is 0 Å². The molecule has 0 unspecified atom stereocenters. The summed E-state index contributed by atoms with van der Waals surface area (Å²) in [4.78, 5) is 23.1. The summed E-state index contributed by atoms with van der Waals surface area (Å²) in [7, 11) is 1.62. The van der Waals surface area contributed by atoms with Gasteiger partial charge in [-0.05, 0) is 43.4 Å². The van der Waals surface area contributed by atoms with Crippen molar-refractivity contribution in [2.75, 3.05) is 13.7 Å². The molecule has 0 saturated heterocycles. The summed E-state index contributed by atoms with van der Waals surface area (Å²) in [6, 6.07) is 7.83. The van der Waals surface area contributed by atoms with E-state index in [1.54, 1.807) is 7.11 Å². The third kappa shape index (κ3) is 3.98. The molecule has 0 spiro atoms. The Hall–Kier alpha value is -2.04. The SMILES string of the molecule is COc1ccc(CCNC(=O)C(=O)NC2CCC2)cc1. The molecule has 5 nitrogen and oxygen atoms in total. The van der Waals surface area contributed by atoms with Gasteiger partial charge in [0.25, 0.3) is 0 Å². The van der Waals surface area contributed by atoms with Crippen LogP contribution in [0.25, 0.3) is 0 Å². The molecule has 1 fully saturated rings. The highest BCUT2D eigenvalue weighted by molar-refractivity contribution is 6.35. The lowest BCUT2D eigenvalue weighted by molar-refractivity contribution is -0.139. The highest BCUT2D eigenvalue weighted by atomic mass is 16.5. The van der Waals surface area contributed by atoms with Gasteiger partial charge in [-0.15, -0.1) is 0 Å². The first-order chi connectivity index (χ1) is 9.69. The Morgan fingerprint density at radius 3 is 2.45 bits per heavy atom. The predicted octanol–water partition coefficient (Wildman–Crippen LogP) is 1.02. The van der Waals surface area contributed by atoms with Crippen molar-refractivity contribution in [2.24, 2.45) is 0 Å². The minimum atomic E-state index is -0.551. The Kier molecular flexibility index (Phi) is 4.98. The molecular formula is C15H20N2O3. The number of carbonyl (C=O) groups excluding carboxylic acids is 2. The average Bonchev–Trinajstić information content (AvgIpc) is 2.43. The zero-order valence-corrected chi connectivity index (χ0v) is 11.6. The van der Waals surface area contributed by atoms with Crippen LogP contribution in [0.2, 0.25) is 0 Å². The molecule has 0 radical (unpaired) electrons. The van der Waals surface area contributed by atoms with E-state index in [1.165, 1.54) is 0 Å². The lowest BCUT2D eigenvalue weighted by Gasteiger charge is -2.25. The van der Waals surface area contributed by atoms with E-state index in [9.17, 15) is 9.59 Å². The minimum Gasteiger partial charge on any atom is -0.497 e. The summed E-state index contributed by atoms with van der Waals surface area (Å²) in [5.74, 6) is -0.271. The first-order valence-electron chi connectivity index (χ1n) is 6.90. The molecule has 20 heavy (non-hydrogen) atoms. The van der Waals surface area contributed by atoms with Crippen molar-refractivity contribution in [1.29, 1.82) is 0 Å². The van der Waals surface area contributed by atoms with Gasteiger partial charge in [0.05, 0.1) is 7.11 Å². The summed E-state index contributed by atoms with van der Waals surface area (Å²) < 4.78 is 5.07. The largest absolute Gasteiger partial charge is 0.497 e. The Labute approximate surface area is 118 Å². The Morgan fingerprint density at radius 2 is 1.90 bits per heavy atom. The number of ether oxygens (including phenoxy) is 1. The molecule has 0 atom stereocenters. The molecule has 2 N–H and O–H groups in total. The second-order valence-corrected chi connectivity index (χ2v) is 4.96. The van der Waals surface area contributed by atoms with Gasteiger partial charge in [0.1, 0.15) is 5.75 Å². The second-order valence-electron chi connectivity index (χ2n) is 4.96. The monoisotopic (exact) mass is 276 g/mol. The maximum absolute atomic E-state index is 11.6. The Bertz CT molecular complexity index is 467. The van der Waals surface area contributed by atoms with Crippen LogP contribution in [0.3, 0.4) is 0 Å². The van der Waals surface area contributed by atoms with E-state index in [0.717, 1.165) is 30.6 Å². The van der Waals surface area contributed by atoms with Gasteiger partial charge in [0, 0.05) is 12.6 Å². The molecule has 1 aliphatic rings. The van der Waals surface area contributed by atoms with E-state index < -0.39 is 11.8 Å². The summed E-state index contributed by atoms with van der Waals surface area (Å²) in [5.41, 5.74) is 1.09. The van der Waals surface area contributed by atoms with Crippen molar-refractivity contribution in [3.63, 3.8) is 0 Å². The van der Waals surface area contributed by atoms with Crippen LogP contribution in [0, 0.1) is 0 Å². The van der Waals surface area contributed by atoms with Crippen molar-refractivity contribution in [1.82, 2.24) is 10.6 Å². The molecule has 0 bridgehead atoms. The van der Waals surface area contributed by atoms with E-state index in [0.29, 0.717) is 13.0 Å². The van der Waals surface area contributed by atoms with Crippen molar-refractivity contribution in [2.45, 2.75) is 31.7 Å². The van der Waals surface area contributed by atoms with Crippen LogP contribution in [0.4, 0.5) is 0 Å². The number of hydrogen-bond acceptors (Lipinski definition) is 3. The van der Waals surface area contributed by atoms with E-state index in [2.05, 4.69) is 10.6 Å². The fraction of sp³-hybridized carbons (Fsp3) is 0.467. The molecule has 0 heterocycles. The van der Waals surface area contributed by atoms with Gasteiger partial charge < -0.3 is 15.4 Å². The summed E-state index contributed by atoms with van der Waals surface area (Å²) >= 11 is 0. The van der Waals surface area contributed by atoms with Crippen LogP contribution in [-0.4, -0.2) is 31.5 Å². The van der Waals surface area contributed by atoms with Crippen LogP contribution in [0.5, 0.6) is 5.75 Å². The summed E-state index contributed by atoms with van der Waals surface area (Å²) in [6.07, 6.45) is 3.77. The number of nitrogens with one attached hydrogen (secondary N) is 2. The number of methoxy groups -OCH3 is 1. The fourth-order valence-electron chi connectivity index (χ4n) is 2.00. The number of amides is 2. The van der Waals surface area contributed by atoms with Crippen molar-refractivity contribution < 1.29 is 14.3 Å². The lowest BCUT2D eigenvalue weighted by Crippen LogP contribution is -2.47. The van der Waals surface area contributed by atoms with Crippen molar-refractivity contribution in [3.8, 4) is 5.75 Å². The van der Waals surface area contributed by atoms with Crippen LogP contribution < -0.4 is 15.4 Å². The fourth-order valence-corrected chi connectivity index (χ4v) is 2.00. The minimum absolute atomic E-state index is 0.190. The van der Waals surface area contributed by atoms with Crippen LogP contribution in [-0.2, 0) is 16.0 Å². The molecule has 5 heteroatoms. The topological polar surface area (TPSA) is 67.4 Å². The van der Waals surface area contributed by atoms with Gasteiger partial charge in [0.2, 0.25) is 0 Å². The van der Waals surface area contributed by atoms with Gasteiger partial charge in [-0.2, -0.15) is 0 Å². The molecule has 1 saturated carbocycles. The molecular weight excluding hydrogens is 256 g/mol. The van der Waals surface area contributed by atoms with Gasteiger partial charge in [-0.3, -0.25) is 9.59 Å². The summed E-state index contributed by atoms with van der Waals surface area (Å²) in [6.45, 7) is 0.448. The molecule has 0 aliphatic heterocycles. The van der Waals surface area contributed by atoms with Crippen LogP contribution in [0.15, 0.2) is 24.3 Å². The third-order valence-corrected chi connectivity index (χ3v) is 3.50. The highest BCUT2D eigenvalue weighted by Crippen LogP contribution is 2.17. The molecule has 0 aromatic heterocycles. The van der Waals surface area contributed by atoms with E-state index >= 15 is 0 Å².